The van der Waals surface area contributed by atoms with E-state index in [1.807, 2.05) is 6.92 Å². The Labute approximate surface area is 199 Å². The fourth-order valence-electron chi connectivity index (χ4n) is 2.82. The van der Waals surface area contributed by atoms with E-state index < -0.39 is 0 Å². The molecule has 2 N–H and O–H groups in total. The molecule has 0 spiro atoms. The van der Waals surface area contributed by atoms with E-state index in [1.54, 1.807) is 61.2 Å². The lowest BCUT2D eigenvalue weighted by molar-refractivity contribution is -0.113. The normalized spacial score (nSPS) is 11.7. The van der Waals surface area contributed by atoms with Crippen LogP contribution >= 0.6 is 35.0 Å². The van der Waals surface area contributed by atoms with Crippen LogP contribution in [0.15, 0.2) is 47.6 Å². The van der Waals surface area contributed by atoms with Gasteiger partial charge in [-0.05, 0) is 49.4 Å². The van der Waals surface area contributed by atoms with Gasteiger partial charge >= 0.3 is 0 Å². The van der Waals surface area contributed by atoms with Gasteiger partial charge < -0.3 is 19.9 Å². The number of hydrogen-bond donors (Lipinski definition) is 2. The lowest BCUT2D eigenvalue weighted by Gasteiger charge is -2.14. The number of thioether (sulfide) groups is 1. The van der Waals surface area contributed by atoms with E-state index in [0.717, 1.165) is 0 Å². The van der Waals surface area contributed by atoms with Gasteiger partial charge in [-0.25, -0.2) is 0 Å². The van der Waals surface area contributed by atoms with Gasteiger partial charge in [0, 0.05) is 18.3 Å². The largest absolute Gasteiger partial charge is 0.497 e. The van der Waals surface area contributed by atoms with Gasteiger partial charge in [0.1, 0.15) is 5.75 Å². The molecule has 0 saturated carbocycles. The first-order valence-corrected chi connectivity index (χ1v) is 11.2. The molecule has 8 nitrogen and oxygen atoms in total. The molecule has 0 unspecified atom stereocenters. The number of rotatable bonds is 8. The molecule has 11 heteroatoms. The molecule has 0 radical (unpaired) electrons. The Balaban J connectivity index is 1.57. The Morgan fingerprint density at radius 1 is 1.12 bits per heavy atom. The molecular weight excluding hydrogens is 473 g/mol. The summed E-state index contributed by atoms with van der Waals surface area (Å²) in [6.07, 6.45) is 0. The quantitative estimate of drug-likeness (QED) is 0.452. The van der Waals surface area contributed by atoms with Crippen LogP contribution in [0.4, 0.5) is 5.69 Å². The summed E-state index contributed by atoms with van der Waals surface area (Å²) < 4.78 is 6.85. The first kappa shape index (κ1) is 23.9. The van der Waals surface area contributed by atoms with Crippen molar-refractivity contribution in [2.24, 2.45) is 7.05 Å². The number of carbonyl (C=O) groups is 2. The molecule has 168 valence electrons. The highest BCUT2D eigenvalue weighted by atomic mass is 35.5. The Hall–Kier alpha value is -2.75. The predicted octanol–water partition coefficient (Wildman–Crippen LogP) is 4.35. The summed E-state index contributed by atoms with van der Waals surface area (Å²) in [7, 11) is 3.35. The van der Waals surface area contributed by atoms with Gasteiger partial charge in [-0.1, -0.05) is 35.0 Å². The van der Waals surface area contributed by atoms with E-state index in [4.69, 9.17) is 27.9 Å². The van der Waals surface area contributed by atoms with Crippen LogP contribution in [-0.2, 0) is 11.8 Å². The third-order valence-corrected chi connectivity index (χ3v) is 6.25. The lowest BCUT2D eigenvalue weighted by atomic mass is 10.2. The van der Waals surface area contributed by atoms with Crippen molar-refractivity contribution in [3.05, 3.63) is 63.9 Å². The third kappa shape index (κ3) is 5.93. The Morgan fingerprint density at radius 2 is 1.84 bits per heavy atom. The number of carbonyl (C=O) groups excluding carboxylic acids is 2. The molecule has 0 saturated heterocycles. The number of ether oxygens (including phenoxy) is 1. The average molecular weight is 494 g/mol. The van der Waals surface area contributed by atoms with Crippen molar-refractivity contribution in [2.45, 2.75) is 18.1 Å². The molecule has 3 aromatic rings. The second-order valence-corrected chi connectivity index (χ2v) is 8.55. The van der Waals surface area contributed by atoms with Crippen LogP contribution in [0.1, 0.15) is 29.1 Å². The van der Waals surface area contributed by atoms with Crippen LogP contribution in [-0.4, -0.2) is 39.4 Å². The van der Waals surface area contributed by atoms with Crippen LogP contribution in [0.5, 0.6) is 5.75 Å². The molecule has 1 heterocycles. The van der Waals surface area contributed by atoms with E-state index in [-0.39, 0.29) is 23.6 Å². The molecule has 3 rings (SSSR count). The summed E-state index contributed by atoms with van der Waals surface area (Å²) in [4.78, 5) is 24.7. The van der Waals surface area contributed by atoms with Crippen LogP contribution in [0.2, 0.25) is 10.0 Å². The zero-order valence-corrected chi connectivity index (χ0v) is 19.9. The number of hydrogen-bond acceptors (Lipinski definition) is 6. The smallest absolute Gasteiger partial charge is 0.251 e. The summed E-state index contributed by atoms with van der Waals surface area (Å²) in [5.41, 5.74) is 1.06. The molecular formula is C21H21Cl2N5O3S. The number of aromatic nitrogens is 3. The zero-order valence-electron chi connectivity index (χ0n) is 17.6. The van der Waals surface area contributed by atoms with Crippen molar-refractivity contribution in [3.8, 4) is 5.75 Å². The highest BCUT2D eigenvalue weighted by Crippen LogP contribution is 2.25. The standard InChI is InChI=1S/C21H21Cl2N5O3S/c1-12(24-20(30)13-4-7-15(31-3)8-5-13)19-26-27-21(28(19)2)32-11-18(29)25-14-6-9-16(22)17(23)10-14/h4-10,12H,11H2,1-3H3,(H,24,30)(H,25,29)/t12-/m1/s1. The maximum atomic E-state index is 12.5. The van der Waals surface area contributed by atoms with Crippen molar-refractivity contribution in [3.63, 3.8) is 0 Å². The van der Waals surface area contributed by atoms with Gasteiger partial charge in [-0.3, -0.25) is 9.59 Å². The number of amides is 2. The van der Waals surface area contributed by atoms with Crippen molar-refractivity contribution in [1.29, 1.82) is 0 Å². The van der Waals surface area contributed by atoms with Crippen LogP contribution in [0.25, 0.3) is 0 Å². The highest BCUT2D eigenvalue weighted by Gasteiger charge is 2.19. The number of benzene rings is 2. The van der Waals surface area contributed by atoms with Crippen LogP contribution < -0.4 is 15.4 Å². The minimum absolute atomic E-state index is 0.124. The zero-order chi connectivity index (χ0) is 23.3. The van der Waals surface area contributed by atoms with Crippen molar-refractivity contribution in [2.75, 3.05) is 18.2 Å². The summed E-state index contributed by atoms with van der Waals surface area (Å²) in [5.74, 6) is 0.905. The molecule has 1 aromatic heterocycles. The van der Waals surface area contributed by atoms with Crippen molar-refractivity contribution in [1.82, 2.24) is 20.1 Å². The molecule has 32 heavy (non-hydrogen) atoms. The van der Waals surface area contributed by atoms with Gasteiger partial charge in [0.15, 0.2) is 11.0 Å². The summed E-state index contributed by atoms with van der Waals surface area (Å²) in [5, 5.41) is 15.3. The van der Waals surface area contributed by atoms with Gasteiger partial charge in [0.25, 0.3) is 5.91 Å². The SMILES string of the molecule is COc1ccc(C(=O)N[C@H](C)c2nnc(SCC(=O)Nc3ccc(Cl)c(Cl)c3)n2C)cc1. The predicted molar refractivity (Wildman–Crippen MR) is 126 cm³/mol. The summed E-state index contributed by atoms with van der Waals surface area (Å²) in [6.45, 7) is 1.82. The Bertz CT molecular complexity index is 1120. The second kappa shape index (κ2) is 10.7. The van der Waals surface area contributed by atoms with Crippen molar-refractivity contribution >= 4 is 52.5 Å². The molecule has 0 bridgehead atoms. The topological polar surface area (TPSA) is 98.1 Å². The van der Waals surface area contributed by atoms with E-state index in [2.05, 4.69) is 20.8 Å². The molecule has 2 aromatic carbocycles. The molecule has 0 aliphatic rings. The second-order valence-electron chi connectivity index (χ2n) is 6.79. The number of anilines is 1. The number of halogens is 2. The first-order chi connectivity index (χ1) is 15.3. The molecule has 0 aliphatic heterocycles. The van der Waals surface area contributed by atoms with E-state index in [1.165, 1.54) is 11.8 Å². The number of nitrogens with zero attached hydrogens (tertiary/aromatic N) is 3. The van der Waals surface area contributed by atoms with Crippen LogP contribution in [0, 0.1) is 0 Å². The first-order valence-electron chi connectivity index (χ1n) is 9.50. The number of nitrogens with one attached hydrogen (secondary N) is 2. The molecule has 1 atom stereocenters. The van der Waals surface area contributed by atoms with Gasteiger partial charge in [0.05, 0.1) is 28.9 Å². The van der Waals surface area contributed by atoms with Crippen LogP contribution in [0.3, 0.4) is 0 Å². The monoisotopic (exact) mass is 493 g/mol. The molecule has 2 amide bonds. The van der Waals surface area contributed by atoms with E-state index in [0.29, 0.717) is 38.0 Å². The van der Waals surface area contributed by atoms with Gasteiger partial charge in [-0.15, -0.1) is 10.2 Å². The maximum Gasteiger partial charge on any atom is 0.251 e. The Morgan fingerprint density at radius 3 is 2.50 bits per heavy atom. The Kier molecular flexibility index (Phi) is 8.00. The molecule has 0 fully saturated rings. The minimum atomic E-state index is -0.388. The fourth-order valence-corrected chi connectivity index (χ4v) is 3.83. The molecule has 0 aliphatic carbocycles. The minimum Gasteiger partial charge on any atom is -0.497 e. The van der Waals surface area contributed by atoms with E-state index >= 15 is 0 Å². The average Bonchev–Trinajstić information content (AvgIpc) is 3.15. The van der Waals surface area contributed by atoms with Crippen molar-refractivity contribution < 1.29 is 14.3 Å². The highest BCUT2D eigenvalue weighted by molar-refractivity contribution is 7.99. The summed E-state index contributed by atoms with van der Waals surface area (Å²) in [6, 6.07) is 11.3. The van der Waals surface area contributed by atoms with E-state index in [9.17, 15) is 9.59 Å². The summed E-state index contributed by atoms with van der Waals surface area (Å²) >= 11 is 13.1. The van der Waals surface area contributed by atoms with Gasteiger partial charge in [-0.2, -0.15) is 0 Å². The van der Waals surface area contributed by atoms with Gasteiger partial charge in [0.2, 0.25) is 5.91 Å². The third-order valence-electron chi connectivity index (χ3n) is 4.49. The number of methoxy groups -OCH3 is 1. The lowest BCUT2D eigenvalue weighted by Crippen LogP contribution is -2.28. The fraction of sp³-hybridized carbons (Fsp3) is 0.238. The maximum absolute atomic E-state index is 12.5.